The zero-order chi connectivity index (χ0) is 17.8. The van der Waals surface area contributed by atoms with Crippen molar-refractivity contribution in [1.29, 1.82) is 0 Å². The molecular weight excluding hydrogens is 318 g/mol. The SMILES string of the molecule is C=CC(=O)NCc1c(C)nc2c(cnn2CC)c1NC1CCOCC1. The smallest absolute Gasteiger partial charge is 0.243 e. The molecule has 2 N–H and O–H groups in total. The second-order valence-electron chi connectivity index (χ2n) is 6.20. The summed E-state index contributed by atoms with van der Waals surface area (Å²) >= 11 is 0. The molecule has 0 spiro atoms. The third-order valence-corrected chi connectivity index (χ3v) is 4.59. The summed E-state index contributed by atoms with van der Waals surface area (Å²) in [7, 11) is 0. The molecule has 0 unspecified atom stereocenters. The zero-order valence-corrected chi connectivity index (χ0v) is 14.8. The van der Waals surface area contributed by atoms with Crippen LogP contribution >= 0.6 is 0 Å². The van der Waals surface area contributed by atoms with Crippen molar-refractivity contribution in [2.24, 2.45) is 0 Å². The number of nitrogens with one attached hydrogen (secondary N) is 2. The van der Waals surface area contributed by atoms with E-state index in [-0.39, 0.29) is 5.91 Å². The lowest BCUT2D eigenvalue weighted by Crippen LogP contribution is -2.29. The van der Waals surface area contributed by atoms with Crippen molar-refractivity contribution in [1.82, 2.24) is 20.1 Å². The Labute approximate surface area is 147 Å². The van der Waals surface area contributed by atoms with Crippen LogP contribution in [0.1, 0.15) is 31.0 Å². The molecule has 1 aliphatic heterocycles. The molecule has 0 aliphatic carbocycles. The van der Waals surface area contributed by atoms with Crippen molar-refractivity contribution in [3.8, 4) is 0 Å². The summed E-state index contributed by atoms with van der Waals surface area (Å²) in [4.78, 5) is 16.3. The second kappa shape index (κ2) is 7.65. The number of carbonyl (C=O) groups excluding carboxylic acids is 1. The van der Waals surface area contributed by atoms with E-state index in [1.807, 2.05) is 24.7 Å². The van der Waals surface area contributed by atoms with Gasteiger partial charge in [0, 0.05) is 43.6 Å². The number of carbonyl (C=O) groups is 1. The second-order valence-corrected chi connectivity index (χ2v) is 6.20. The third-order valence-electron chi connectivity index (χ3n) is 4.59. The Morgan fingerprint density at radius 1 is 1.48 bits per heavy atom. The minimum absolute atomic E-state index is 0.194. The molecule has 1 saturated heterocycles. The average molecular weight is 343 g/mol. The molecule has 0 atom stereocenters. The topological polar surface area (TPSA) is 81.1 Å². The minimum atomic E-state index is -0.194. The first-order valence-corrected chi connectivity index (χ1v) is 8.73. The normalized spacial score (nSPS) is 15.3. The Morgan fingerprint density at radius 3 is 2.92 bits per heavy atom. The summed E-state index contributed by atoms with van der Waals surface area (Å²) in [5.41, 5.74) is 3.76. The molecule has 3 rings (SSSR count). The highest BCUT2D eigenvalue weighted by Crippen LogP contribution is 2.30. The highest BCUT2D eigenvalue weighted by Gasteiger charge is 2.20. The number of anilines is 1. The lowest BCUT2D eigenvalue weighted by atomic mass is 10.0. The van der Waals surface area contributed by atoms with Gasteiger partial charge in [0.1, 0.15) is 0 Å². The monoisotopic (exact) mass is 343 g/mol. The third kappa shape index (κ3) is 3.66. The van der Waals surface area contributed by atoms with Crippen molar-refractivity contribution in [3.05, 3.63) is 30.1 Å². The lowest BCUT2D eigenvalue weighted by molar-refractivity contribution is -0.116. The van der Waals surface area contributed by atoms with E-state index in [0.29, 0.717) is 12.6 Å². The highest BCUT2D eigenvalue weighted by molar-refractivity contribution is 5.92. The van der Waals surface area contributed by atoms with Crippen LogP contribution in [0.15, 0.2) is 18.9 Å². The van der Waals surface area contributed by atoms with E-state index in [1.165, 1.54) is 6.08 Å². The number of aryl methyl sites for hydroxylation is 2. The molecule has 1 fully saturated rings. The van der Waals surface area contributed by atoms with Gasteiger partial charge in [-0.3, -0.25) is 4.79 Å². The summed E-state index contributed by atoms with van der Waals surface area (Å²) in [6.45, 7) is 10.2. The molecule has 1 aliphatic rings. The molecule has 2 aromatic heterocycles. The predicted octanol–water partition coefficient (Wildman–Crippen LogP) is 2.15. The van der Waals surface area contributed by atoms with Crippen LogP contribution in [0.4, 0.5) is 5.69 Å². The van der Waals surface area contributed by atoms with E-state index in [0.717, 1.165) is 60.6 Å². The first-order chi connectivity index (χ1) is 12.1. The maximum atomic E-state index is 11.6. The number of nitrogens with zero attached hydrogens (tertiary/aromatic N) is 3. The molecule has 0 radical (unpaired) electrons. The van der Waals surface area contributed by atoms with Crippen LogP contribution in [0.2, 0.25) is 0 Å². The number of pyridine rings is 1. The molecule has 0 saturated carbocycles. The number of hydrogen-bond donors (Lipinski definition) is 2. The van der Waals surface area contributed by atoms with Gasteiger partial charge in [-0.15, -0.1) is 0 Å². The molecule has 3 heterocycles. The first-order valence-electron chi connectivity index (χ1n) is 8.73. The Bertz CT molecular complexity index is 777. The molecule has 7 nitrogen and oxygen atoms in total. The van der Waals surface area contributed by atoms with E-state index < -0.39 is 0 Å². The molecule has 134 valence electrons. The summed E-state index contributed by atoms with van der Waals surface area (Å²) in [5, 5.41) is 12.0. The largest absolute Gasteiger partial charge is 0.381 e. The number of aromatic nitrogens is 3. The summed E-state index contributed by atoms with van der Waals surface area (Å²) < 4.78 is 7.35. The van der Waals surface area contributed by atoms with Crippen LogP contribution in [-0.2, 0) is 22.6 Å². The Balaban J connectivity index is 2.01. The Hall–Kier alpha value is -2.41. The molecule has 25 heavy (non-hydrogen) atoms. The molecular formula is C18H25N5O2. The van der Waals surface area contributed by atoms with Crippen LogP contribution in [0.5, 0.6) is 0 Å². The van der Waals surface area contributed by atoms with Crippen molar-refractivity contribution in [2.45, 2.75) is 45.8 Å². The van der Waals surface area contributed by atoms with Gasteiger partial charge in [-0.1, -0.05) is 6.58 Å². The van der Waals surface area contributed by atoms with Crippen LogP contribution in [-0.4, -0.2) is 39.9 Å². The predicted molar refractivity (Wildman–Crippen MR) is 97.4 cm³/mol. The number of hydrogen-bond acceptors (Lipinski definition) is 5. The zero-order valence-electron chi connectivity index (χ0n) is 14.8. The molecule has 1 amide bonds. The fraction of sp³-hybridized carbons (Fsp3) is 0.500. The number of rotatable bonds is 6. The van der Waals surface area contributed by atoms with E-state index >= 15 is 0 Å². The maximum absolute atomic E-state index is 11.6. The van der Waals surface area contributed by atoms with Gasteiger partial charge in [-0.25, -0.2) is 9.67 Å². The summed E-state index contributed by atoms with van der Waals surface area (Å²) in [6, 6.07) is 0.345. The van der Waals surface area contributed by atoms with Crippen molar-refractivity contribution in [3.63, 3.8) is 0 Å². The van der Waals surface area contributed by atoms with Gasteiger partial charge >= 0.3 is 0 Å². The van der Waals surface area contributed by atoms with Gasteiger partial charge in [0.25, 0.3) is 0 Å². The van der Waals surface area contributed by atoms with Gasteiger partial charge in [-0.2, -0.15) is 5.10 Å². The van der Waals surface area contributed by atoms with Gasteiger partial charge in [0.05, 0.1) is 17.3 Å². The van der Waals surface area contributed by atoms with Gasteiger partial charge in [0.15, 0.2) is 5.65 Å². The number of amides is 1. The van der Waals surface area contributed by atoms with E-state index in [2.05, 4.69) is 22.3 Å². The van der Waals surface area contributed by atoms with Gasteiger partial charge < -0.3 is 15.4 Å². The lowest BCUT2D eigenvalue weighted by Gasteiger charge is -2.26. The first kappa shape index (κ1) is 17.4. The van der Waals surface area contributed by atoms with Crippen LogP contribution in [0, 0.1) is 6.92 Å². The molecule has 0 aromatic carbocycles. The van der Waals surface area contributed by atoms with Gasteiger partial charge in [-0.05, 0) is 32.8 Å². The van der Waals surface area contributed by atoms with Crippen molar-refractivity contribution < 1.29 is 9.53 Å². The van der Waals surface area contributed by atoms with E-state index in [1.54, 1.807) is 0 Å². The summed E-state index contributed by atoms with van der Waals surface area (Å²) in [5.74, 6) is -0.194. The average Bonchev–Trinajstić information content (AvgIpc) is 3.04. The van der Waals surface area contributed by atoms with Crippen LogP contribution < -0.4 is 10.6 Å². The van der Waals surface area contributed by atoms with Crippen LogP contribution in [0.3, 0.4) is 0 Å². The molecule has 2 aromatic rings. The van der Waals surface area contributed by atoms with Crippen molar-refractivity contribution >= 4 is 22.6 Å². The maximum Gasteiger partial charge on any atom is 0.243 e. The Kier molecular flexibility index (Phi) is 5.33. The Morgan fingerprint density at radius 2 is 2.24 bits per heavy atom. The van der Waals surface area contributed by atoms with Crippen molar-refractivity contribution in [2.75, 3.05) is 18.5 Å². The fourth-order valence-corrected chi connectivity index (χ4v) is 3.15. The molecule has 7 heteroatoms. The van der Waals surface area contributed by atoms with E-state index in [9.17, 15) is 4.79 Å². The minimum Gasteiger partial charge on any atom is -0.381 e. The summed E-state index contributed by atoms with van der Waals surface area (Å²) in [6.07, 6.45) is 5.06. The molecule has 0 bridgehead atoms. The highest BCUT2D eigenvalue weighted by atomic mass is 16.5. The van der Waals surface area contributed by atoms with E-state index in [4.69, 9.17) is 9.72 Å². The van der Waals surface area contributed by atoms with Crippen LogP contribution in [0.25, 0.3) is 11.0 Å². The standard InChI is InChI=1S/C18H25N5O2/c1-4-16(24)19-10-14-12(3)21-18-15(11-20-23(18)5-2)17(14)22-13-6-8-25-9-7-13/h4,11,13H,1,5-10H2,2-3H3,(H,19,24)(H,21,22). The quantitative estimate of drug-likeness (QED) is 0.786. The number of ether oxygens (including phenoxy) is 1. The number of fused-ring (bicyclic) bond motifs is 1. The van der Waals surface area contributed by atoms with Gasteiger partial charge in [0.2, 0.25) is 5.91 Å². The fourth-order valence-electron chi connectivity index (χ4n) is 3.15.